The largest absolute Gasteiger partial charge is 0.332 e. The fraction of sp³-hybridized carbons (Fsp3) is 0.167. The first-order valence-corrected chi connectivity index (χ1v) is 9.88. The molecule has 31 heavy (non-hydrogen) atoms. The van der Waals surface area contributed by atoms with Gasteiger partial charge in [0.1, 0.15) is 5.82 Å². The number of nitrogens with zero attached hydrogens (tertiary/aromatic N) is 2. The van der Waals surface area contributed by atoms with Crippen LogP contribution in [0.2, 0.25) is 0 Å². The molecule has 0 bridgehead atoms. The van der Waals surface area contributed by atoms with E-state index in [2.05, 4.69) is 20.8 Å². The molecular weight excluding hydrogens is 395 g/mol. The van der Waals surface area contributed by atoms with Gasteiger partial charge in [-0.1, -0.05) is 24.3 Å². The number of hydrogen-bond donors (Lipinski definition) is 2. The maximum atomic E-state index is 13.3. The number of carbonyl (C=O) groups excluding carboxylic acids is 2. The minimum absolute atomic E-state index is 0.114. The van der Waals surface area contributed by atoms with Crippen molar-refractivity contribution in [1.82, 2.24) is 15.5 Å². The molecule has 2 N–H and O–H groups in total. The van der Waals surface area contributed by atoms with Crippen LogP contribution >= 0.6 is 0 Å². The summed E-state index contributed by atoms with van der Waals surface area (Å²) in [6, 6.07) is 15.3. The van der Waals surface area contributed by atoms with E-state index < -0.39 is 5.92 Å². The molecule has 2 heterocycles. The molecule has 0 fully saturated rings. The molecule has 2 aromatic carbocycles. The van der Waals surface area contributed by atoms with Gasteiger partial charge in [0.2, 0.25) is 5.91 Å². The molecule has 0 radical (unpaired) electrons. The van der Waals surface area contributed by atoms with Crippen molar-refractivity contribution in [3.8, 4) is 11.3 Å². The third-order valence-corrected chi connectivity index (χ3v) is 5.27. The lowest BCUT2D eigenvalue weighted by Gasteiger charge is -2.24. The predicted octanol–water partition coefficient (Wildman–Crippen LogP) is 4.03. The van der Waals surface area contributed by atoms with Crippen LogP contribution in [0.25, 0.3) is 11.3 Å². The number of nitrogens with one attached hydrogen (secondary N) is 2. The summed E-state index contributed by atoms with van der Waals surface area (Å²) in [5.74, 6) is -1.35. The second-order valence-corrected chi connectivity index (χ2v) is 7.52. The Morgan fingerprint density at radius 2 is 1.84 bits per heavy atom. The van der Waals surface area contributed by atoms with Crippen LogP contribution in [-0.4, -0.2) is 22.0 Å². The first-order chi connectivity index (χ1) is 14.9. The minimum Gasteiger partial charge on any atom is -0.332 e. The number of benzene rings is 2. The van der Waals surface area contributed by atoms with Crippen LogP contribution in [0, 0.1) is 19.7 Å². The second-order valence-electron chi connectivity index (χ2n) is 7.52. The Morgan fingerprint density at radius 3 is 2.55 bits per heavy atom. The highest BCUT2D eigenvalue weighted by atomic mass is 19.1. The van der Waals surface area contributed by atoms with Crippen molar-refractivity contribution in [2.24, 2.45) is 0 Å². The number of carbonyl (C=O) groups is 2. The smallest absolute Gasteiger partial charge is 0.253 e. The zero-order valence-corrected chi connectivity index (χ0v) is 17.1. The standard InChI is InChI=1S/C24H21FN4O2/c1-14-3-5-17(21-10-4-15(2)28-29-21)11-22(14)27-24(31)20-13-26-23(30)12-19(20)16-6-8-18(25)9-7-16/h3-11,13,19H,12H2,1-2H3,(H,26,30)(H,27,31)/t19-/m0/s1. The summed E-state index contributed by atoms with van der Waals surface area (Å²) in [6.45, 7) is 3.76. The number of rotatable bonds is 4. The fourth-order valence-corrected chi connectivity index (χ4v) is 3.49. The lowest BCUT2D eigenvalue weighted by molar-refractivity contribution is -0.121. The minimum atomic E-state index is -0.458. The van der Waals surface area contributed by atoms with Gasteiger partial charge in [0.25, 0.3) is 5.91 Å². The Hall–Kier alpha value is -3.87. The van der Waals surface area contributed by atoms with Crippen molar-refractivity contribution in [2.75, 3.05) is 5.32 Å². The van der Waals surface area contributed by atoms with Crippen molar-refractivity contribution in [3.05, 3.63) is 89.0 Å². The number of hydrogen-bond acceptors (Lipinski definition) is 4. The van der Waals surface area contributed by atoms with Crippen LogP contribution in [0.4, 0.5) is 10.1 Å². The predicted molar refractivity (Wildman–Crippen MR) is 116 cm³/mol. The van der Waals surface area contributed by atoms with Crippen LogP contribution in [0.3, 0.4) is 0 Å². The molecule has 7 heteroatoms. The molecular formula is C24H21FN4O2. The Kier molecular flexibility index (Phi) is 5.58. The van der Waals surface area contributed by atoms with Crippen LogP contribution in [-0.2, 0) is 9.59 Å². The monoisotopic (exact) mass is 416 g/mol. The summed E-state index contributed by atoms with van der Waals surface area (Å²) in [5, 5.41) is 13.8. The van der Waals surface area contributed by atoms with Gasteiger partial charge in [0, 0.05) is 35.4 Å². The highest BCUT2D eigenvalue weighted by Gasteiger charge is 2.29. The molecule has 0 saturated heterocycles. The molecule has 1 aromatic heterocycles. The van der Waals surface area contributed by atoms with Crippen LogP contribution in [0.5, 0.6) is 0 Å². The van der Waals surface area contributed by atoms with Crippen molar-refractivity contribution in [2.45, 2.75) is 26.2 Å². The van der Waals surface area contributed by atoms with E-state index in [1.165, 1.54) is 18.3 Å². The van der Waals surface area contributed by atoms with E-state index in [9.17, 15) is 14.0 Å². The van der Waals surface area contributed by atoms with Crippen molar-refractivity contribution >= 4 is 17.5 Å². The Bertz CT molecular complexity index is 1170. The van der Waals surface area contributed by atoms with E-state index in [-0.39, 0.29) is 24.1 Å². The average Bonchev–Trinajstić information content (AvgIpc) is 2.76. The van der Waals surface area contributed by atoms with Gasteiger partial charge in [-0.3, -0.25) is 9.59 Å². The molecule has 3 aromatic rings. The highest BCUT2D eigenvalue weighted by molar-refractivity contribution is 6.07. The first kappa shape index (κ1) is 20.4. The average molecular weight is 416 g/mol. The summed E-state index contributed by atoms with van der Waals surface area (Å²) in [6.07, 6.45) is 1.54. The normalized spacial score (nSPS) is 15.8. The lowest BCUT2D eigenvalue weighted by Crippen LogP contribution is -2.32. The Balaban J connectivity index is 1.62. The lowest BCUT2D eigenvalue weighted by atomic mass is 9.86. The molecule has 0 saturated carbocycles. The van der Waals surface area contributed by atoms with E-state index in [1.807, 2.05) is 44.2 Å². The molecule has 1 aliphatic rings. The van der Waals surface area contributed by atoms with E-state index in [1.54, 1.807) is 12.1 Å². The molecule has 1 atom stereocenters. The van der Waals surface area contributed by atoms with Gasteiger partial charge in [0.05, 0.1) is 11.4 Å². The molecule has 156 valence electrons. The van der Waals surface area contributed by atoms with Gasteiger partial charge in [0.15, 0.2) is 0 Å². The van der Waals surface area contributed by atoms with Gasteiger partial charge in [-0.05, 0) is 55.3 Å². The molecule has 6 nitrogen and oxygen atoms in total. The van der Waals surface area contributed by atoms with Crippen molar-refractivity contribution in [3.63, 3.8) is 0 Å². The highest BCUT2D eigenvalue weighted by Crippen LogP contribution is 2.32. The third-order valence-electron chi connectivity index (χ3n) is 5.27. The van der Waals surface area contributed by atoms with Crippen LogP contribution in [0.1, 0.15) is 29.2 Å². The molecule has 2 amide bonds. The maximum absolute atomic E-state index is 13.3. The number of amides is 2. The van der Waals surface area contributed by atoms with Gasteiger partial charge in [-0.25, -0.2) is 4.39 Å². The first-order valence-electron chi connectivity index (χ1n) is 9.88. The van der Waals surface area contributed by atoms with E-state index in [0.717, 1.165) is 16.8 Å². The maximum Gasteiger partial charge on any atom is 0.253 e. The zero-order valence-electron chi connectivity index (χ0n) is 17.1. The third kappa shape index (κ3) is 4.50. The SMILES string of the molecule is Cc1ccc(-c2ccc(C)c(NC(=O)C3=CNC(=O)C[C@H]3c3ccc(F)cc3)c2)nn1. The van der Waals surface area contributed by atoms with E-state index >= 15 is 0 Å². The number of anilines is 1. The van der Waals surface area contributed by atoms with E-state index in [4.69, 9.17) is 0 Å². The van der Waals surface area contributed by atoms with Crippen LogP contribution < -0.4 is 10.6 Å². The summed E-state index contributed by atoms with van der Waals surface area (Å²) in [5.41, 5.74) is 4.99. The summed E-state index contributed by atoms with van der Waals surface area (Å²) in [4.78, 5) is 25.1. The van der Waals surface area contributed by atoms with Gasteiger partial charge >= 0.3 is 0 Å². The van der Waals surface area contributed by atoms with Gasteiger partial charge < -0.3 is 10.6 Å². The summed E-state index contributed by atoms with van der Waals surface area (Å²) >= 11 is 0. The van der Waals surface area contributed by atoms with Gasteiger partial charge in [-0.2, -0.15) is 10.2 Å². The molecule has 1 aliphatic heterocycles. The molecule has 4 rings (SSSR count). The molecule has 0 unspecified atom stereocenters. The molecule has 0 aliphatic carbocycles. The summed E-state index contributed by atoms with van der Waals surface area (Å²) in [7, 11) is 0. The Morgan fingerprint density at radius 1 is 1.06 bits per heavy atom. The number of aryl methyl sites for hydroxylation is 2. The summed E-state index contributed by atoms with van der Waals surface area (Å²) < 4.78 is 13.3. The fourth-order valence-electron chi connectivity index (χ4n) is 3.49. The topological polar surface area (TPSA) is 84.0 Å². The van der Waals surface area contributed by atoms with Crippen molar-refractivity contribution in [1.29, 1.82) is 0 Å². The number of aromatic nitrogens is 2. The van der Waals surface area contributed by atoms with Crippen molar-refractivity contribution < 1.29 is 14.0 Å². The van der Waals surface area contributed by atoms with Gasteiger partial charge in [-0.15, -0.1) is 0 Å². The second kappa shape index (κ2) is 8.47. The Labute approximate surface area is 179 Å². The molecule has 0 spiro atoms. The number of halogens is 1. The van der Waals surface area contributed by atoms with E-state index in [0.29, 0.717) is 22.5 Å². The van der Waals surface area contributed by atoms with Crippen LogP contribution in [0.15, 0.2) is 66.4 Å². The zero-order chi connectivity index (χ0) is 22.0. The quantitative estimate of drug-likeness (QED) is 0.673.